The molecule has 24 heavy (non-hydrogen) atoms. The summed E-state index contributed by atoms with van der Waals surface area (Å²) < 4.78 is 7.48. The average Bonchev–Trinajstić information content (AvgIpc) is 3.10. The van der Waals surface area contributed by atoms with Crippen LogP contribution >= 0.6 is 0 Å². The van der Waals surface area contributed by atoms with Crippen molar-refractivity contribution in [3.05, 3.63) is 47.8 Å². The van der Waals surface area contributed by atoms with Gasteiger partial charge in [0.15, 0.2) is 0 Å². The second kappa shape index (κ2) is 7.15. The fourth-order valence-electron chi connectivity index (χ4n) is 2.95. The van der Waals surface area contributed by atoms with Crippen LogP contribution in [0.1, 0.15) is 11.1 Å². The van der Waals surface area contributed by atoms with Crippen molar-refractivity contribution >= 4 is 5.91 Å². The predicted octanol–water partition coefficient (Wildman–Crippen LogP) is 1.47. The fraction of sp³-hybridized carbons (Fsp3) is 0.444. The zero-order valence-electron chi connectivity index (χ0n) is 14.5. The molecule has 0 bridgehead atoms. The Bertz CT molecular complexity index is 697. The van der Waals surface area contributed by atoms with Crippen molar-refractivity contribution in [3.8, 4) is 5.69 Å². The van der Waals surface area contributed by atoms with Crippen LogP contribution in [-0.2, 0) is 16.1 Å². The van der Waals surface area contributed by atoms with Crippen molar-refractivity contribution in [2.45, 2.75) is 19.6 Å². The predicted molar refractivity (Wildman–Crippen MR) is 92.0 cm³/mol. The lowest BCUT2D eigenvalue weighted by atomic mass is 10.1. The van der Waals surface area contributed by atoms with Crippen LogP contribution in [0.3, 0.4) is 0 Å². The molecule has 1 saturated heterocycles. The molecule has 1 atom stereocenters. The molecule has 6 nitrogen and oxygen atoms in total. The molecule has 2 heterocycles. The van der Waals surface area contributed by atoms with E-state index in [1.807, 2.05) is 16.9 Å². The van der Waals surface area contributed by atoms with Crippen molar-refractivity contribution in [1.82, 2.24) is 19.6 Å². The van der Waals surface area contributed by atoms with Crippen molar-refractivity contribution in [2.75, 3.05) is 33.8 Å². The smallest absolute Gasteiger partial charge is 0.252 e. The first-order valence-electron chi connectivity index (χ1n) is 8.19. The number of carbonyl (C=O) groups excluding carboxylic acids is 1. The van der Waals surface area contributed by atoms with Crippen LogP contribution in [-0.4, -0.2) is 65.4 Å². The number of carbonyl (C=O) groups is 1. The maximum atomic E-state index is 12.1. The first-order chi connectivity index (χ1) is 11.5. The second-order valence-corrected chi connectivity index (χ2v) is 6.39. The van der Waals surface area contributed by atoms with Crippen LogP contribution < -0.4 is 0 Å². The lowest BCUT2D eigenvalue weighted by molar-refractivity contribution is -0.147. The van der Waals surface area contributed by atoms with Crippen molar-refractivity contribution in [2.24, 2.45) is 0 Å². The highest BCUT2D eigenvalue weighted by atomic mass is 16.5. The van der Waals surface area contributed by atoms with Gasteiger partial charge in [-0.2, -0.15) is 5.10 Å². The van der Waals surface area contributed by atoms with Gasteiger partial charge in [-0.3, -0.25) is 9.69 Å². The summed E-state index contributed by atoms with van der Waals surface area (Å²) >= 11 is 0. The topological polar surface area (TPSA) is 50.6 Å². The lowest BCUT2D eigenvalue weighted by Gasteiger charge is -2.33. The molecule has 1 aliphatic heterocycles. The molecular weight excluding hydrogens is 304 g/mol. The third-order valence-electron chi connectivity index (χ3n) is 4.36. The number of amides is 1. The zero-order chi connectivity index (χ0) is 17.1. The van der Waals surface area contributed by atoms with Crippen molar-refractivity contribution < 1.29 is 9.53 Å². The van der Waals surface area contributed by atoms with Gasteiger partial charge in [-0.05, 0) is 36.2 Å². The van der Waals surface area contributed by atoms with Crippen molar-refractivity contribution in [1.29, 1.82) is 0 Å². The zero-order valence-corrected chi connectivity index (χ0v) is 14.5. The van der Waals surface area contributed by atoms with Gasteiger partial charge in [0.05, 0.1) is 12.3 Å². The number of rotatable bonds is 4. The lowest BCUT2D eigenvalue weighted by Crippen LogP contribution is -2.49. The maximum Gasteiger partial charge on any atom is 0.252 e. The molecule has 0 N–H and O–H groups in total. The van der Waals surface area contributed by atoms with Gasteiger partial charge in [-0.15, -0.1) is 0 Å². The highest BCUT2D eigenvalue weighted by molar-refractivity contribution is 5.80. The number of hydrogen-bond acceptors (Lipinski definition) is 4. The van der Waals surface area contributed by atoms with E-state index in [2.05, 4.69) is 35.1 Å². The minimum absolute atomic E-state index is 0.0328. The summed E-state index contributed by atoms with van der Waals surface area (Å²) in [6.07, 6.45) is 3.35. The van der Waals surface area contributed by atoms with E-state index >= 15 is 0 Å². The van der Waals surface area contributed by atoms with Gasteiger partial charge < -0.3 is 9.64 Å². The summed E-state index contributed by atoms with van der Waals surface area (Å²) in [4.78, 5) is 16.0. The van der Waals surface area contributed by atoms with E-state index in [1.165, 1.54) is 11.1 Å². The first-order valence-corrected chi connectivity index (χ1v) is 8.19. The number of nitrogens with zero attached hydrogens (tertiary/aromatic N) is 4. The minimum atomic E-state index is -0.364. The van der Waals surface area contributed by atoms with E-state index in [9.17, 15) is 4.79 Å². The van der Waals surface area contributed by atoms with E-state index in [1.54, 1.807) is 25.2 Å². The maximum absolute atomic E-state index is 12.1. The van der Waals surface area contributed by atoms with Crippen LogP contribution in [0.25, 0.3) is 5.69 Å². The molecule has 0 spiro atoms. The fourth-order valence-corrected chi connectivity index (χ4v) is 2.95. The Kier molecular flexibility index (Phi) is 4.97. The average molecular weight is 328 g/mol. The SMILES string of the molecule is Cc1cc(-n2cccn2)ccc1CN1CCOC(C(=O)N(C)C)C1. The number of morpholine rings is 1. The third-order valence-corrected chi connectivity index (χ3v) is 4.36. The first kappa shape index (κ1) is 16.7. The summed E-state index contributed by atoms with van der Waals surface area (Å²) in [5.74, 6) is 0.0328. The van der Waals surface area contributed by atoms with E-state index in [0.717, 1.165) is 18.8 Å². The van der Waals surface area contributed by atoms with Crippen LogP contribution in [0.4, 0.5) is 0 Å². The molecule has 0 radical (unpaired) electrons. The number of aromatic nitrogens is 2. The van der Waals surface area contributed by atoms with Crippen LogP contribution in [0.15, 0.2) is 36.7 Å². The molecule has 3 rings (SSSR count). The van der Waals surface area contributed by atoms with Gasteiger partial charge in [0, 0.05) is 46.1 Å². The monoisotopic (exact) mass is 328 g/mol. The van der Waals surface area contributed by atoms with Gasteiger partial charge in [0.1, 0.15) is 6.10 Å². The molecule has 0 aliphatic carbocycles. The van der Waals surface area contributed by atoms with Crippen LogP contribution in [0, 0.1) is 6.92 Å². The third kappa shape index (κ3) is 3.66. The number of benzene rings is 1. The Hall–Kier alpha value is -2.18. The Balaban J connectivity index is 1.68. The van der Waals surface area contributed by atoms with E-state index < -0.39 is 0 Å². The minimum Gasteiger partial charge on any atom is -0.366 e. The van der Waals surface area contributed by atoms with E-state index in [4.69, 9.17) is 4.74 Å². The van der Waals surface area contributed by atoms with Gasteiger partial charge in [-0.25, -0.2) is 4.68 Å². The molecule has 128 valence electrons. The molecule has 1 fully saturated rings. The number of likely N-dealkylation sites (N-methyl/N-ethyl adjacent to an activating group) is 1. The number of aryl methyl sites for hydroxylation is 1. The molecule has 1 aliphatic rings. The standard InChI is InChI=1S/C18H24N4O2/c1-14-11-16(22-8-4-7-19-22)6-5-15(14)12-21-9-10-24-17(13-21)18(23)20(2)3/h4-8,11,17H,9-10,12-13H2,1-3H3. The Morgan fingerprint density at radius 1 is 1.42 bits per heavy atom. The summed E-state index contributed by atoms with van der Waals surface area (Å²) in [6.45, 7) is 5.01. The molecule has 1 aromatic carbocycles. The molecule has 1 unspecified atom stereocenters. The summed E-state index contributed by atoms with van der Waals surface area (Å²) in [5.41, 5.74) is 3.55. The molecule has 6 heteroatoms. The van der Waals surface area contributed by atoms with Crippen LogP contribution in [0.2, 0.25) is 0 Å². The molecular formula is C18H24N4O2. The van der Waals surface area contributed by atoms with Gasteiger partial charge in [0.2, 0.25) is 0 Å². The van der Waals surface area contributed by atoms with Gasteiger partial charge in [0.25, 0.3) is 5.91 Å². The quantitative estimate of drug-likeness (QED) is 0.853. The normalized spacial score (nSPS) is 18.5. The summed E-state index contributed by atoms with van der Waals surface area (Å²) in [7, 11) is 3.53. The van der Waals surface area contributed by atoms with Crippen molar-refractivity contribution in [3.63, 3.8) is 0 Å². The van der Waals surface area contributed by atoms with Gasteiger partial charge in [-0.1, -0.05) is 6.07 Å². The van der Waals surface area contributed by atoms with Gasteiger partial charge >= 0.3 is 0 Å². The molecule has 1 amide bonds. The summed E-state index contributed by atoms with van der Waals surface area (Å²) in [5, 5.41) is 4.27. The molecule has 2 aromatic rings. The largest absolute Gasteiger partial charge is 0.366 e. The molecule has 1 aromatic heterocycles. The highest BCUT2D eigenvalue weighted by Gasteiger charge is 2.27. The Morgan fingerprint density at radius 2 is 2.25 bits per heavy atom. The van der Waals surface area contributed by atoms with E-state index in [-0.39, 0.29) is 12.0 Å². The number of ether oxygens (including phenoxy) is 1. The highest BCUT2D eigenvalue weighted by Crippen LogP contribution is 2.18. The second-order valence-electron chi connectivity index (χ2n) is 6.39. The summed E-state index contributed by atoms with van der Waals surface area (Å²) in [6, 6.07) is 8.28. The Morgan fingerprint density at radius 3 is 2.92 bits per heavy atom. The Labute approximate surface area is 142 Å². The van der Waals surface area contributed by atoms with Crippen LogP contribution in [0.5, 0.6) is 0 Å². The number of hydrogen-bond donors (Lipinski definition) is 0. The van der Waals surface area contributed by atoms with E-state index in [0.29, 0.717) is 13.2 Å². The molecule has 0 saturated carbocycles.